The molecular weight excluding hydrogens is 328 g/mol. The van der Waals surface area contributed by atoms with Crippen molar-refractivity contribution in [3.05, 3.63) is 59.7 Å². The van der Waals surface area contributed by atoms with Crippen LogP contribution in [0.2, 0.25) is 0 Å². The second-order valence-corrected chi connectivity index (χ2v) is 6.50. The number of amides is 1. The molecule has 0 saturated heterocycles. The molecule has 0 aliphatic heterocycles. The van der Waals surface area contributed by atoms with Gasteiger partial charge in [-0.25, -0.2) is 4.79 Å². The van der Waals surface area contributed by atoms with Gasteiger partial charge in [0.2, 0.25) is 0 Å². The van der Waals surface area contributed by atoms with E-state index in [1.807, 2.05) is 49.3 Å². The Morgan fingerprint density at radius 2 is 1.81 bits per heavy atom. The molecule has 26 heavy (non-hydrogen) atoms. The molecule has 1 atom stereocenters. The maximum absolute atomic E-state index is 12.1. The lowest BCUT2D eigenvalue weighted by Crippen LogP contribution is -2.21. The number of hydrogen-bond acceptors (Lipinski definition) is 4. The van der Waals surface area contributed by atoms with Crippen molar-refractivity contribution in [3.8, 4) is 0 Å². The zero-order valence-corrected chi connectivity index (χ0v) is 15.8. The summed E-state index contributed by atoms with van der Waals surface area (Å²) in [6.07, 6.45) is 1.07. The molecular formula is C21H26N2O3. The van der Waals surface area contributed by atoms with Crippen LogP contribution >= 0.6 is 0 Å². The SMILES string of the molecule is CC[C@H](C)c1ccc(NC(=O)COC(=O)c2cccc(N(C)C)c2)cc1. The van der Waals surface area contributed by atoms with Crippen LogP contribution in [0.4, 0.5) is 11.4 Å². The molecule has 0 saturated carbocycles. The van der Waals surface area contributed by atoms with Crippen molar-refractivity contribution in [2.45, 2.75) is 26.2 Å². The van der Waals surface area contributed by atoms with E-state index in [2.05, 4.69) is 19.2 Å². The lowest BCUT2D eigenvalue weighted by Gasteiger charge is -2.13. The first-order valence-electron chi connectivity index (χ1n) is 8.75. The lowest BCUT2D eigenvalue weighted by molar-refractivity contribution is -0.119. The molecule has 0 heterocycles. The molecule has 0 fully saturated rings. The van der Waals surface area contributed by atoms with Crippen molar-refractivity contribution in [2.75, 3.05) is 30.9 Å². The quantitative estimate of drug-likeness (QED) is 0.762. The standard InChI is InChI=1S/C21H26N2O3/c1-5-15(2)16-9-11-18(12-10-16)22-20(24)14-26-21(25)17-7-6-8-19(13-17)23(3)4/h6-13,15H,5,14H2,1-4H3,(H,22,24)/t15-/m0/s1. The van der Waals surface area contributed by atoms with Crippen LogP contribution in [-0.4, -0.2) is 32.6 Å². The highest BCUT2D eigenvalue weighted by molar-refractivity contribution is 5.95. The van der Waals surface area contributed by atoms with E-state index in [9.17, 15) is 9.59 Å². The van der Waals surface area contributed by atoms with Gasteiger partial charge in [-0.15, -0.1) is 0 Å². The number of anilines is 2. The molecule has 0 aromatic heterocycles. The summed E-state index contributed by atoms with van der Waals surface area (Å²) in [5, 5.41) is 2.74. The van der Waals surface area contributed by atoms with Gasteiger partial charge in [-0.05, 0) is 48.2 Å². The summed E-state index contributed by atoms with van der Waals surface area (Å²) >= 11 is 0. The molecule has 1 amide bonds. The van der Waals surface area contributed by atoms with E-state index in [0.717, 1.165) is 12.1 Å². The fourth-order valence-corrected chi connectivity index (χ4v) is 2.45. The van der Waals surface area contributed by atoms with Gasteiger partial charge in [0.25, 0.3) is 5.91 Å². The molecule has 138 valence electrons. The normalized spacial score (nSPS) is 11.5. The van der Waals surface area contributed by atoms with Gasteiger partial charge in [-0.2, -0.15) is 0 Å². The Balaban J connectivity index is 1.88. The van der Waals surface area contributed by atoms with E-state index in [1.165, 1.54) is 5.56 Å². The summed E-state index contributed by atoms with van der Waals surface area (Å²) in [5.41, 5.74) is 3.23. The van der Waals surface area contributed by atoms with Crippen molar-refractivity contribution < 1.29 is 14.3 Å². The zero-order valence-electron chi connectivity index (χ0n) is 15.8. The second kappa shape index (κ2) is 9.04. The highest BCUT2D eigenvalue weighted by Crippen LogP contribution is 2.20. The Labute approximate surface area is 155 Å². The number of carbonyl (C=O) groups excluding carboxylic acids is 2. The number of hydrogen-bond donors (Lipinski definition) is 1. The van der Waals surface area contributed by atoms with Gasteiger partial charge in [0.05, 0.1) is 5.56 Å². The Hall–Kier alpha value is -2.82. The third-order valence-corrected chi connectivity index (χ3v) is 4.31. The number of esters is 1. The summed E-state index contributed by atoms with van der Waals surface area (Å²) in [5.74, 6) is -0.395. The van der Waals surface area contributed by atoms with Crippen LogP contribution in [0.25, 0.3) is 0 Å². The third-order valence-electron chi connectivity index (χ3n) is 4.31. The van der Waals surface area contributed by atoms with Crippen LogP contribution in [-0.2, 0) is 9.53 Å². The van der Waals surface area contributed by atoms with Crippen LogP contribution in [0, 0.1) is 0 Å². The van der Waals surface area contributed by atoms with E-state index in [-0.39, 0.29) is 12.5 Å². The van der Waals surface area contributed by atoms with E-state index in [0.29, 0.717) is 17.2 Å². The number of nitrogens with one attached hydrogen (secondary N) is 1. The number of carbonyl (C=O) groups is 2. The summed E-state index contributed by atoms with van der Waals surface area (Å²) in [6, 6.07) is 14.8. The summed E-state index contributed by atoms with van der Waals surface area (Å²) in [6.45, 7) is 3.99. The van der Waals surface area contributed by atoms with Gasteiger partial charge < -0.3 is 15.0 Å². The molecule has 0 bridgehead atoms. The molecule has 5 heteroatoms. The average molecular weight is 354 g/mol. The Morgan fingerprint density at radius 1 is 1.12 bits per heavy atom. The van der Waals surface area contributed by atoms with E-state index < -0.39 is 5.97 Å². The van der Waals surface area contributed by atoms with Crippen LogP contribution in [0.1, 0.15) is 42.1 Å². The monoisotopic (exact) mass is 354 g/mol. The molecule has 0 spiro atoms. The first kappa shape index (κ1) is 19.5. The molecule has 2 rings (SSSR count). The van der Waals surface area contributed by atoms with Gasteiger partial charge >= 0.3 is 5.97 Å². The van der Waals surface area contributed by atoms with Crippen molar-refractivity contribution >= 4 is 23.3 Å². The minimum Gasteiger partial charge on any atom is -0.452 e. The van der Waals surface area contributed by atoms with Gasteiger partial charge in [0, 0.05) is 25.5 Å². The van der Waals surface area contributed by atoms with E-state index in [1.54, 1.807) is 18.2 Å². The zero-order chi connectivity index (χ0) is 19.1. The Bertz CT molecular complexity index is 754. The maximum atomic E-state index is 12.1. The Morgan fingerprint density at radius 3 is 2.42 bits per heavy atom. The molecule has 0 aliphatic carbocycles. The maximum Gasteiger partial charge on any atom is 0.338 e. The fourth-order valence-electron chi connectivity index (χ4n) is 2.45. The minimum absolute atomic E-state index is 0.321. The first-order valence-corrected chi connectivity index (χ1v) is 8.75. The summed E-state index contributed by atoms with van der Waals surface area (Å²) in [4.78, 5) is 26.0. The van der Waals surface area contributed by atoms with Crippen LogP contribution < -0.4 is 10.2 Å². The highest BCUT2D eigenvalue weighted by atomic mass is 16.5. The van der Waals surface area contributed by atoms with Gasteiger partial charge in [-0.1, -0.05) is 32.0 Å². The van der Waals surface area contributed by atoms with Gasteiger partial charge in [0.15, 0.2) is 6.61 Å². The average Bonchev–Trinajstić information content (AvgIpc) is 2.66. The molecule has 1 N–H and O–H groups in total. The van der Waals surface area contributed by atoms with Gasteiger partial charge in [-0.3, -0.25) is 4.79 Å². The predicted octanol–water partition coefficient (Wildman–Crippen LogP) is 4.06. The smallest absolute Gasteiger partial charge is 0.338 e. The van der Waals surface area contributed by atoms with E-state index in [4.69, 9.17) is 4.74 Å². The molecule has 0 aliphatic rings. The minimum atomic E-state index is -0.518. The summed E-state index contributed by atoms with van der Waals surface area (Å²) < 4.78 is 5.11. The summed E-state index contributed by atoms with van der Waals surface area (Å²) in [7, 11) is 3.79. The van der Waals surface area contributed by atoms with Crippen LogP contribution in [0.5, 0.6) is 0 Å². The first-order chi connectivity index (χ1) is 12.4. The predicted molar refractivity (Wildman–Crippen MR) is 105 cm³/mol. The molecule has 2 aromatic rings. The topological polar surface area (TPSA) is 58.6 Å². The number of ether oxygens (including phenoxy) is 1. The molecule has 0 radical (unpaired) electrons. The Kier molecular flexibility index (Phi) is 6.78. The van der Waals surface area contributed by atoms with Crippen molar-refractivity contribution in [2.24, 2.45) is 0 Å². The second-order valence-electron chi connectivity index (χ2n) is 6.50. The van der Waals surface area contributed by atoms with Crippen LogP contribution in [0.3, 0.4) is 0 Å². The van der Waals surface area contributed by atoms with E-state index >= 15 is 0 Å². The molecule has 5 nitrogen and oxygen atoms in total. The van der Waals surface area contributed by atoms with Crippen molar-refractivity contribution in [3.63, 3.8) is 0 Å². The fraction of sp³-hybridized carbons (Fsp3) is 0.333. The number of nitrogens with zero attached hydrogens (tertiary/aromatic N) is 1. The van der Waals surface area contributed by atoms with Gasteiger partial charge in [0.1, 0.15) is 0 Å². The van der Waals surface area contributed by atoms with Crippen LogP contribution in [0.15, 0.2) is 48.5 Å². The highest BCUT2D eigenvalue weighted by Gasteiger charge is 2.12. The molecule has 0 unspecified atom stereocenters. The number of rotatable bonds is 7. The van der Waals surface area contributed by atoms with Crippen molar-refractivity contribution in [1.82, 2.24) is 0 Å². The van der Waals surface area contributed by atoms with Crippen molar-refractivity contribution in [1.29, 1.82) is 0 Å². The lowest BCUT2D eigenvalue weighted by atomic mass is 9.99. The third kappa shape index (κ3) is 5.34. The molecule has 2 aromatic carbocycles. The largest absolute Gasteiger partial charge is 0.452 e. The number of benzene rings is 2.